The predicted molar refractivity (Wildman–Crippen MR) is 146 cm³/mol. The third-order valence-electron chi connectivity index (χ3n) is 9.04. The number of benzene rings is 2. The van der Waals surface area contributed by atoms with Crippen LogP contribution in [0.1, 0.15) is 28.7 Å². The molecule has 3 N–H and O–H groups in total. The third kappa shape index (κ3) is 4.34. The lowest BCUT2D eigenvalue weighted by Gasteiger charge is -2.48. The van der Waals surface area contributed by atoms with E-state index >= 15 is 0 Å². The molecule has 1 saturated carbocycles. The zero-order chi connectivity index (χ0) is 28.9. The van der Waals surface area contributed by atoms with Gasteiger partial charge in [0.05, 0.1) is 26.0 Å². The maximum Gasteiger partial charge on any atom is 0.327 e. The Balaban J connectivity index is 1.23. The van der Waals surface area contributed by atoms with Crippen LogP contribution in [-0.2, 0) is 52.8 Å². The first-order valence-corrected chi connectivity index (χ1v) is 14.4. The monoisotopic (exact) mass is 578 g/mol. The second-order valence-electron chi connectivity index (χ2n) is 11.5. The van der Waals surface area contributed by atoms with Gasteiger partial charge in [0.1, 0.15) is 36.4 Å². The lowest BCUT2D eigenvalue weighted by atomic mass is 9.62. The van der Waals surface area contributed by atoms with Crippen LogP contribution in [0.25, 0.3) is 6.08 Å². The Morgan fingerprint density at radius 2 is 1.79 bits per heavy atom. The molecule has 11 heteroatoms. The molecule has 1 amide bonds. The third-order valence-corrected chi connectivity index (χ3v) is 9.04. The van der Waals surface area contributed by atoms with Gasteiger partial charge in [-0.2, -0.15) is 5.06 Å². The van der Waals surface area contributed by atoms with E-state index in [1.54, 1.807) is 11.1 Å². The average molecular weight is 579 g/mol. The van der Waals surface area contributed by atoms with Gasteiger partial charge in [0, 0.05) is 25.8 Å². The predicted octanol–water partition coefficient (Wildman–Crippen LogP) is 0.854. The summed E-state index contributed by atoms with van der Waals surface area (Å²) in [6, 6.07) is 14.7. The van der Waals surface area contributed by atoms with Crippen molar-refractivity contribution in [1.82, 2.24) is 10.4 Å². The number of aliphatic hydroxyl groups excluding tert-OH is 2. The molecule has 1 spiro atoms. The van der Waals surface area contributed by atoms with Crippen molar-refractivity contribution in [2.24, 2.45) is 5.41 Å². The standard InChI is InChI=1S/C31H34N2O9/c34-11-10-32-29(37)31-17-23-24-25(41-30(40-24)15-20-6-2-3-7-21(20)16-30)27(31)42-33(26(31)28(36)39-23)18-22-8-4-1-5-19(22)9-13-38-14-12-35/h1-9,13,23-27,34-35H,10-12,14-18H2,(H,32,37). The van der Waals surface area contributed by atoms with Crippen LogP contribution < -0.4 is 5.32 Å². The summed E-state index contributed by atoms with van der Waals surface area (Å²) >= 11 is 0. The lowest BCUT2D eigenvalue weighted by Crippen LogP contribution is -2.69. The Bertz CT molecular complexity index is 1370. The molecule has 3 aliphatic heterocycles. The highest BCUT2D eigenvalue weighted by molar-refractivity contribution is 5.93. The van der Waals surface area contributed by atoms with Gasteiger partial charge in [-0.25, -0.2) is 0 Å². The van der Waals surface area contributed by atoms with Gasteiger partial charge in [0.2, 0.25) is 5.91 Å². The minimum Gasteiger partial charge on any atom is -0.499 e. The maximum absolute atomic E-state index is 14.0. The molecule has 4 fully saturated rings. The average Bonchev–Trinajstić information content (AvgIpc) is 3.66. The van der Waals surface area contributed by atoms with Gasteiger partial charge < -0.3 is 34.5 Å². The van der Waals surface area contributed by atoms with Crippen LogP contribution >= 0.6 is 0 Å². The summed E-state index contributed by atoms with van der Waals surface area (Å²) in [5.74, 6) is -1.85. The Morgan fingerprint density at radius 1 is 1.05 bits per heavy atom. The van der Waals surface area contributed by atoms with Crippen LogP contribution in [0.2, 0.25) is 0 Å². The molecule has 2 bridgehead atoms. The second-order valence-corrected chi connectivity index (χ2v) is 11.5. The van der Waals surface area contributed by atoms with Gasteiger partial charge in [-0.1, -0.05) is 48.5 Å². The fraction of sp³-hybridized carbons (Fsp3) is 0.484. The van der Waals surface area contributed by atoms with Crippen molar-refractivity contribution in [2.45, 2.75) is 62.1 Å². The fourth-order valence-corrected chi connectivity index (χ4v) is 7.34. The number of hydroxylamine groups is 2. The number of aliphatic hydroxyl groups is 2. The van der Waals surface area contributed by atoms with E-state index in [9.17, 15) is 14.7 Å². The van der Waals surface area contributed by atoms with Gasteiger partial charge >= 0.3 is 5.97 Å². The Kier molecular flexibility index (Phi) is 7.04. The van der Waals surface area contributed by atoms with Gasteiger partial charge in [-0.15, -0.1) is 0 Å². The summed E-state index contributed by atoms with van der Waals surface area (Å²) in [5.41, 5.74) is 2.66. The summed E-state index contributed by atoms with van der Waals surface area (Å²) in [4.78, 5) is 34.3. The summed E-state index contributed by atoms with van der Waals surface area (Å²) in [6.07, 6.45) is 1.87. The number of esters is 1. The van der Waals surface area contributed by atoms with Crippen molar-refractivity contribution >= 4 is 18.0 Å². The zero-order valence-corrected chi connectivity index (χ0v) is 23.0. The number of amides is 1. The second kappa shape index (κ2) is 10.7. The summed E-state index contributed by atoms with van der Waals surface area (Å²) in [5, 5.41) is 22.8. The van der Waals surface area contributed by atoms with Gasteiger partial charge in [-0.3, -0.25) is 14.4 Å². The van der Waals surface area contributed by atoms with Gasteiger partial charge in [-0.05, 0) is 28.3 Å². The molecular formula is C31H34N2O9. The quantitative estimate of drug-likeness (QED) is 0.223. The van der Waals surface area contributed by atoms with Gasteiger partial charge in [0.25, 0.3) is 0 Å². The van der Waals surface area contributed by atoms with Crippen LogP contribution in [0, 0.1) is 5.41 Å². The smallest absolute Gasteiger partial charge is 0.327 e. The minimum absolute atomic E-state index is 0.0475. The molecule has 3 heterocycles. The molecule has 7 rings (SSSR count). The highest BCUT2D eigenvalue weighted by Crippen LogP contribution is 2.58. The first-order chi connectivity index (χ1) is 20.5. The maximum atomic E-state index is 14.0. The SMILES string of the molecule is O=C1OC2CC3(C(=O)NCCO)C(ON(Cc4ccccc4C=COCCO)C13)C1OC3(Cc4ccccc4C3)OC21. The van der Waals surface area contributed by atoms with Crippen molar-refractivity contribution in [3.63, 3.8) is 0 Å². The molecule has 222 valence electrons. The van der Waals surface area contributed by atoms with Crippen LogP contribution in [0.3, 0.4) is 0 Å². The number of ether oxygens (including phenoxy) is 4. The number of rotatable bonds is 9. The van der Waals surface area contributed by atoms with Crippen molar-refractivity contribution in [1.29, 1.82) is 0 Å². The Hall–Kier alpha value is -3.32. The van der Waals surface area contributed by atoms with E-state index in [2.05, 4.69) is 17.4 Å². The Morgan fingerprint density at radius 3 is 2.55 bits per heavy atom. The van der Waals surface area contributed by atoms with E-state index in [-0.39, 0.29) is 45.2 Å². The number of hydrogen-bond donors (Lipinski definition) is 3. The largest absolute Gasteiger partial charge is 0.499 e. The number of carbonyl (C=O) groups excluding carboxylic acids is 2. The summed E-state index contributed by atoms with van der Waals surface area (Å²) < 4.78 is 24.6. The van der Waals surface area contributed by atoms with Crippen molar-refractivity contribution < 1.29 is 43.6 Å². The van der Waals surface area contributed by atoms with Crippen LogP contribution in [-0.4, -0.2) is 89.8 Å². The van der Waals surface area contributed by atoms with Crippen molar-refractivity contribution in [2.75, 3.05) is 26.4 Å². The van der Waals surface area contributed by atoms with Crippen molar-refractivity contribution in [3.05, 3.63) is 77.0 Å². The molecule has 6 unspecified atom stereocenters. The normalized spacial score (nSPS) is 32.1. The topological polar surface area (TPSA) is 136 Å². The van der Waals surface area contributed by atoms with E-state index in [1.807, 2.05) is 36.4 Å². The van der Waals surface area contributed by atoms with E-state index in [4.69, 9.17) is 28.9 Å². The molecule has 6 atom stereocenters. The molecule has 3 saturated heterocycles. The van der Waals surface area contributed by atoms with Crippen LogP contribution in [0.4, 0.5) is 0 Å². The molecule has 5 aliphatic rings. The van der Waals surface area contributed by atoms with Crippen LogP contribution in [0.5, 0.6) is 0 Å². The summed E-state index contributed by atoms with van der Waals surface area (Å²) in [7, 11) is 0. The number of carbonyl (C=O) groups is 2. The first-order valence-electron chi connectivity index (χ1n) is 14.4. The zero-order valence-electron chi connectivity index (χ0n) is 23.0. The lowest BCUT2D eigenvalue weighted by molar-refractivity contribution is -0.217. The first kappa shape index (κ1) is 27.5. The van der Waals surface area contributed by atoms with E-state index in [1.165, 1.54) is 6.26 Å². The van der Waals surface area contributed by atoms with Crippen molar-refractivity contribution in [3.8, 4) is 0 Å². The highest BCUT2D eigenvalue weighted by Gasteiger charge is 2.76. The molecule has 0 radical (unpaired) electrons. The highest BCUT2D eigenvalue weighted by atomic mass is 16.8. The number of nitrogens with zero attached hydrogens (tertiary/aromatic N) is 1. The van der Waals surface area contributed by atoms with E-state index in [0.29, 0.717) is 12.8 Å². The fourth-order valence-electron chi connectivity index (χ4n) is 7.34. The molecule has 2 aromatic carbocycles. The number of nitrogens with one attached hydrogen (secondary N) is 1. The molecule has 2 aliphatic carbocycles. The van der Waals surface area contributed by atoms with E-state index < -0.39 is 47.6 Å². The molecule has 2 aromatic rings. The minimum atomic E-state index is -1.30. The molecular weight excluding hydrogens is 544 g/mol. The van der Waals surface area contributed by atoms with E-state index in [0.717, 1.165) is 22.3 Å². The summed E-state index contributed by atoms with van der Waals surface area (Å²) in [6.45, 7) is 0.0762. The number of fused-ring (bicyclic) bond motifs is 5. The number of hydrogen-bond acceptors (Lipinski definition) is 10. The molecule has 42 heavy (non-hydrogen) atoms. The van der Waals surface area contributed by atoms with Gasteiger partial charge in [0.15, 0.2) is 11.8 Å². The Labute approximate surface area is 242 Å². The molecule has 11 nitrogen and oxygen atoms in total. The molecule has 0 aromatic heterocycles. The van der Waals surface area contributed by atoms with Crippen LogP contribution in [0.15, 0.2) is 54.8 Å².